The number of aromatic nitrogens is 2. The normalized spacial score (nSPS) is 10.1. The predicted molar refractivity (Wildman–Crippen MR) is 72.4 cm³/mol. The Morgan fingerprint density at radius 3 is 2.89 bits per heavy atom. The number of rotatable bonds is 5. The van der Waals surface area contributed by atoms with Crippen molar-refractivity contribution < 1.29 is 9.13 Å². The van der Waals surface area contributed by atoms with Gasteiger partial charge in [-0.15, -0.1) is 0 Å². The second-order valence-corrected chi connectivity index (χ2v) is 3.77. The van der Waals surface area contributed by atoms with Gasteiger partial charge in [-0.3, -0.25) is 0 Å². The molecule has 100 valence electrons. The van der Waals surface area contributed by atoms with Crippen LogP contribution in [0.15, 0.2) is 30.5 Å². The molecule has 19 heavy (non-hydrogen) atoms. The smallest absolute Gasteiger partial charge is 0.224 e. The fourth-order valence-electron chi connectivity index (χ4n) is 1.58. The Morgan fingerprint density at radius 1 is 1.32 bits per heavy atom. The van der Waals surface area contributed by atoms with Crippen LogP contribution in [0.4, 0.5) is 21.8 Å². The third-order valence-corrected chi connectivity index (χ3v) is 2.42. The number of hydrogen-bond donors (Lipinski definition) is 2. The van der Waals surface area contributed by atoms with Gasteiger partial charge < -0.3 is 15.4 Å². The van der Waals surface area contributed by atoms with Gasteiger partial charge in [-0.05, 0) is 25.1 Å². The monoisotopic (exact) mass is 262 g/mol. The average molecular weight is 262 g/mol. The van der Waals surface area contributed by atoms with E-state index in [9.17, 15) is 4.39 Å². The van der Waals surface area contributed by atoms with Crippen LogP contribution in [-0.2, 0) is 0 Å². The minimum Gasteiger partial charge on any atom is -0.494 e. The molecule has 2 rings (SSSR count). The van der Waals surface area contributed by atoms with Gasteiger partial charge in [0.25, 0.3) is 0 Å². The van der Waals surface area contributed by atoms with Crippen molar-refractivity contribution in [3.63, 3.8) is 0 Å². The summed E-state index contributed by atoms with van der Waals surface area (Å²) in [6.45, 7) is 2.70. The van der Waals surface area contributed by atoms with Crippen molar-refractivity contribution in [3.8, 4) is 5.75 Å². The summed E-state index contributed by atoms with van der Waals surface area (Å²) < 4.78 is 18.2. The minimum atomic E-state index is -0.349. The minimum absolute atomic E-state index is 0.349. The maximum absolute atomic E-state index is 13.1. The van der Waals surface area contributed by atoms with Crippen molar-refractivity contribution in [2.45, 2.75) is 6.92 Å². The van der Waals surface area contributed by atoms with Crippen LogP contribution >= 0.6 is 0 Å². The molecule has 5 nitrogen and oxygen atoms in total. The van der Waals surface area contributed by atoms with E-state index in [2.05, 4.69) is 20.6 Å². The van der Waals surface area contributed by atoms with Crippen LogP contribution in [0.5, 0.6) is 5.75 Å². The number of hydrogen-bond acceptors (Lipinski definition) is 5. The van der Waals surface area contributed by atoms with Gasteiger partial charge in [0.2, 0.25) is 5.95 Å². The highest BCUT2D eigenvalue weighted by Crippen LogP contribution is 2.27. The summed E-state index contributed by atoms with van der Waals surface area (Å²) in [7, 11) is 1.49. The Morgan fingerprint density at radius 2 is 2.16 bits per heavy atom. The molecule has 1 aromatic heterocycles. The molecule has 1 heterocycles. The maximum Gasteiger partial charge on any atom is 0.224 e. The highest BCUT2D eigenvalue weighted by molar-refractivity contribution is 5.64. The molecule has 2 aromatic rings. The molecule has 1 aromatic carbocycles. The summed E-state index contributed by atoms with van der Waals surface area (Å²) in [5.74, 6) is 1.21. The van der Waals surface area contributed by atoms with Crippen LogP contribution in [0.25, 0.3) is 0 Å². The summed E-state index contributed by atoms with van der Waals surface area (Å²) in [6.07, 6.45) is 1.64. The van der Waals surface area contributed by atoms with Gasteiger partial charge in [0.1, 0.15) is 17.4 Å². The van der Waals surface area contributed by atoms with E-state index in [1.54, 1.807) is 18.3 Å². The summed E-state index contributed by atoms with van der Waals surface area (Å²) in [5.41, 5.74) is 0.644. The number of benzene rings is 1. The zero-order valence-corrected chi connectivity index (χ0v) is 10.8. The van der Waals surface area contributed by atoms with Crippen LogP contribution < -0.4 is 15.4 Å². The fourth-order valence-corrected chi connectivity index (χ4v) is 1.58. The maximum atomic E-state index is 13.1. The lowest BCUT2D eigenvalue weighted by atomic mass is 10.3. The van der Waals surface area contributed by atoms with Crippen molar-refractivity contribution in [2.75, 3.05) is 24.3 Å². The first-order valence-corrected chi connectivity index (χ1v) is 5.90. The molecule has 0 aliphatic heterocycles. The summed E-state index contributed by atoms with van der Waals surface area (Å²) in [4.78, 5) is 8.35. The van der Waals surface area contributed by atoms with E-state index >= 15 is 0 Å². The van der Waals surface area contributed by atoms with Crippen LogP contribution in [0.3, 0.4) is 0 Å². The van der Waals surface area contributed by atoms with E-state index in [4.69, 9.17) is 4.74 Å². The molecule has 0 aliphatic rings. The number of nitrogens with zero attached hydrogens (tertiary/aromatic N) is 2. The van der Waals surface area contributed by atoms with E-state index < -0.39 is 0 Å². The Labute approximate surface area is 110 Å². The SMILES string of the molecule is CCNc1nccc(Nc2ccc(F)cc2OC)n1. The third-order valence-electron chi connectivity index (χ3n) is 2.42. The van der Waals surface area contributed by atoms with Gasteiger partial charge in [0.15, 0.2) is 0 Å². The number of ether oxygens (including phenoxy) is 1. The zero-order valence-electron chi connectivity index (χ0n) is 10.8. The van der Waals surface area contributed by atoms with E-state index in [1.807, 2.05) is 6.92 Å². The van der Waals surface area contributed by atoms with Crippen molar-refractivity contribution in [2.24, 2.45) is 0 Å². The number of halogens is 1. The Bertz CT molecular complexity index is 562. The van der Waals surface area contributed by atoms with E-state index in [0.29, 0.717) is 23.2 Å². The Hall–Kier alpha value is -2.37. The summed E-state index contributed by atoms with van der Waals surface area (Å²) in [6, 6.07) is 6.00. The lowest BCUT2D eigenvalue weighted by Crippen LogP contribution is -2.04. The molecule has 0 bridgehead atoms. The molecular weight excluding hydrogens is 247 g/mol. The highest BCUT2D eigenvalue weighted by atomic mass is 19.1. The molecular formula is C13H15FN4O. The highest BCUT2D eigenvalue weighted by Gasteiger charge is 2.06. The van der Waals surface area contributed by atoms with Crippen LogP contribution in [0, 0.1) is 5.82 Å². The third kappa shape index (κ3) is 3.31. The van der Waals surface area contributed by atoms with Crippen LogP contribution in [0.2, 0.25) is 0 Å². The van der Waals surface area contributed by atoms with Gasteiger partial charge >= 0.3 is 0 Å². The average Bonchev–Trinajstić information content (AvgIpc) is 2.41. The predicted octanol–water partition coefficient (Wildman–Crippen LogP) is 2.80. The lowest BCUT2D eigenvalue weighted by molar-refractivity contribution is 0.413. The topological polar surface area (TPSA) is 59.1 Å². The van der Waals surface area contributed by atoms with Crippen molar-refractivity contribution in [1.82, 2.24) is 9.97 Å². The van der Waals surface area contributed by atoms with Gasteiger partial charge in [-0.1, -0.05) is 0 Å². The molecule has 0 fully saturated rings. The Balaban J connectivity index is 2.23. The van der Waals surface area contributed by atoms with Crippen molar-refractivity contribution in [3.05, 3.63) is 36.3 Å². The van der Waals surface area contributed by atoms with Gasteiger partial charge in [-0.2, -0.15) is 4.98 Å². The Kier molecular flexibility index (Phi) is 4.12. The largest absolute Gasteiger partial charge is 0.494 e. The molecule has 0 aliphatic carbocycles. The van der Waals surface area contributed by atoms with Gasteiger partial charge in [0, 0.05) is 18.8 Å². The van der Waals surface area contributed by atoms with Crippen molar-refractivity contribution in [1.29, 1.82) is 0 Å². The standard InChI is InChI=1S/C13H15FN4O/c1-3-15-13-16-7-6-12(18-13)17-10-5-4-9(14)8-11(10)19-2/h4-8H,3H2,1-2H3,(H2,15,16,17,18). The van der Waals surface area contributed by atoms with Gasteiger partial charge in [0.05, 0.1) is 12.8 Å². The van der Waals surface area contributed by atoms with E-state index in [1.165, 1.54) is 19.2 Å². The summed E-state index contributed by atoms with van der Waals surface area (Å²) >= 11 is 0. The fraction of sp³-hybridized carbons (Fsp3) is 0.231. The molecule has 0 atom stereocenters. The molecule has 0 radical (unpaired) electrons. The van der Waals surface area contributed by atoms with E-state index in [0.717, 1.165) is 6.54 Å². The first-order chi connectivity index (χ1) is 9.22. The molecule has 0 amide bonds. The summed E-state index contributed by atoms with van der Waals surface area (Å²) in [5, 5.41) is 6.08. The van der Waals surface area contributed by atoms with Crippen LogP contribution in [0.1, 0.15) is 6.92 Å². The first kappa shape index (κ1) is 13.1. The number of anilines is 3. The molecule has 0 unspecified atom stereocenters. The number of nitrogens with one attached hydrogen (secondary N) is 2. The molecule has 6 heteroatoms. The lowest BCUT2D eigenvalue weighted by Gasteiger charge is -2.11. The molecule has 0 saturated carbocycles. The first-order valence-electron chi connectivity index (χ1n) is 5.90. The quantitative estimate of drug-likeness (QED) is 0.867. The number of methoxy groups -OCH3 is 1. The molecule has 2 N–H and O–H groups in total. The van der Waals surface area contributed by atoms with Crippen molar-refractivity contribution >= 4 is 17.5 Å². The second kappa shape index (κ2) is 5.99. The second-order valence-electron chi connectivity index (χ2n) is 3.77. The van der Waals surface area contributed by atoms with Gasteiger partial charge in [-0.25, -0.2) is 9.37 Å². The molecule has 0 saturated heterocycles. The zero-order chi connectivity index (χ0) is 13.7. The molecule has 0 spiro atoms. The van der Waals surface area contributed by atoms with Crippen LogP contribution in [-0.4, -0.2) is 23.6 Å². The van der Waals surface area contributed by atoms with E-state index in [-0.39, 0.29) is 5.82 Å².